The van der Waals surface area contributed by atoms with Crippen LogP contribution in [0.5, 0.6) is 0 Å². The quantitative estimate of drug-likeness (QED) is 0.263. The summed E-state index contributed by atoms with van der Waals surface area (Å²) in [6, 6.07) is -3.89. The van der Waals surface area contributed by atoms with Gasteiger partial charge in [-0.25, -0.2) is 0 Å². The highest BCUT2D eigenvalue weighted by Crippen LogP contribution is 2.23. The maximum atomic E-state index is 14.1. The van der Waals surface area contributed by atoms with E-state index < -0.39 is 48.0 Å². The van der Waals surface area contributed by atoms with Crippen LogP contribution in [0.15, 0.2) is 12.2 Å². The number of carbonyl (C=O) groups is 5. The van der Waals surface area contributed by atoms with Gasteiger partial charge >= 0.3 is 0 Å². The van der Waals surface area contributed by atoms with Crippen molar-refractivity contribution < 1.29 is 29.1 Å². The van der Waals surface area contributed by atoms with E-state index in [9.17, 15) is 29.1 Å². The van der Waals surface area contributed by atoms with Crippen molar-refractivity contribution in [2.24, 2.45) is 17.8 Å². The van der Waals surface area contributed by atoms with E-state index in [2.05, 4.69) is 5.32 Å². The lowest BCUT2D eigenvalue weighted by molar-refractivity contribution is -0.156. The lowest BCUT2D eigenvalue weighted by atomic mass is 9.91. The predicted molar refractivity (Wildman–Crippen MR) is 165 cm³/mol. The molecule has 0 aromatic carbocycles. The fraction of sp³-hybridized carbons (Fsp3) is 0.774. The third-order valence-electron chi connectivity index (χ3n) is 7.74. The van der Waals surface area contributed by atoms with Gasteiger partial charge in [-0.15, -0.1) is 0 Å². The Kier molecular flexibility index (Phi) is 16.6. The molecule has 2 N–H and O–H groups in total. The number of allylic oxidation sites excluding steroid dienone is 2. The molecule has 0 aromatic heterocycles. The highest BCUT2D eigenvalue weighted by Gasteiger charge is 2.43. The van der Waals surface area contributed by atoms with Crippen molar-refractivity contribution in [2.45, 2.75) is 105 Å². The highest BCUT2D eigenvalue weighted by atomic mass is 16.3. The van der Waals surface area contributed by atoms with Crippen LogP contribution in [0.2, 0.25) is 0 Å². The average molecular weight is 596 g/mol. The summed E-state index contributed by atoms with van der Waals surface area (Å²) in [4.78, 5) is 71.8. The van der Waals surface area contributed by atoms with Crippen molar-refractivity contribution in [3.63, 3.8) is 0 Å². The smallest absolute Gasteiger partial charge is 0.246 e. The topological polar surface area (TPSA) is 131 Å². The van der Waals surface area contributed by atoms with Gasteiger partial charge in [-0.2, -0.15) is 0 Å². The fourth-order valence-corrected chi connectivity index (χ4v) is 4.98. The molecule has 5 amide bonds. The number of likely N-dealkylation sites (N-methyl/N-ethyl adjacent to an activating group) is 4. The second kappa shape index (κ2) is 17.9. The average Bonchev–Trinajstić information content (AvgIpc) is 2.91. The molecule has 42 heavy (non-hydrogen) atoms. The Hall–Kier alpha value is -2.95. The molecule has 11 nitrogen and oxygen atoms in total. The second-order valence-corrected chi connectivity index (χ2v) is 12.3. The number of hydrogen-bond acceptors (Lipinski definition) is 6. The number of nitrogens with one attached hydrogen (secondary N) is 1. The van der Waals surface area contributed by atoms with Crippen molar-refractivity contribution in [3.8, 4) is 0 Å². The number of nitrogens with zero attached hydrogens (tertiary/aromatic N) is 4. The van der Waals surface area contributed by atoms with Crippen molar-refractivity contribution in [1.82, 2.24) is 24.9 Å². The number of aliphatic hydroxyl groups excluding tert-OH is 1. The van der Waals surface area contributed by atoms with E-state index >= 15 is 0 Å². The SMILES string of the molecule is C/C=C/CC(C)C(O)C(C(=O)NC(CC)C(=O)N(C)C)N(C)C(=O)C(C(C)C)N(C)C(=O)C(CC(C)C)N(C)C(C)=O. The predicted octanol–water partition coefficient (Wildman–Crippen LogP) is 2.14. The lowest BCUT2D eigenvalue weighted by Gasteiger charge is -2.40. The van der Waals surface area contributed by atoms with Gasteiger partial charge in [-0.3, -0.25) is 24.0 Å². The van der Waals surface area contributed by atoms with Gasteiger partial charge in [0.1, 0.15) is 24.2 Å². The van der Waals surface area contributed by atoms with Crippen LogP contribution in [0.3, 0.4) is 0 Å². The Balaban J connectivity index is 6.59. The maximum absolute atomic E-state index is 14.1. The van der Waals surface area contributed by atoms with Gasteiger partial charge in [0, 0.05) is 42.2 Å². The summed E-state index contributed by atoms with van der Waals surface area (Å²) in [6.07, 6.45) is 3.67. The number of carbonyl (C=O) groups excluding carboxylic acids is 5. The minimum atomic E-state index is -1.32. The lowest BCUT2D eigenvalue weighted by Crippen LogP contribution is -2.63. The summed E-state index contributed by atoms with van der Waals surface area (Å²) >= 11 is 0. The molecule has 6 atom stereocenters. The van der Waals surface area contributed by atoms with E-state index in [4.69, 9.17) is 0 Å². The van der Waals surface area contributed by atoms with Crippen LogP contribution in [0.25, 0.3) is 0 Å². The molecule has 0 aromatic rings. The maximum Gasteiger partial charge on any atom is 0.246 e. The zero-order chi connectivity index (χ0) is 33.1. The van der Waals surface area contributed by atoms with E-state index in [0.29, 0.717) is 19.3 Å². The van der Waals surface area contributed by atoms with Gasteiger partial charge < -0.3 is 30.0 Å². The number of aliphatic hydroxyl groups is 1. The van der Waals surface area contributed by atoms with Crippen LogP contribution in [-0.4, -0.2) is 120 Å². The minimum Gasteiger partial charge on any atom is -0.390 e. The van der Waals surface area contributed by atoms with Crippen LogP contribution in [0.4, 0.5) is 0 Å². The van der Waals surface area contributed by atoms with Gasteiger partial charge in [0.25, 0.3) is 0 Å². The number of amides is 5. The third-order valence-corrected chi connectivity index (χ3v) is 7.74. The molecule has 0 fully saturated rings. The Morgan fingerprint density at radius 3 is 1.74 bits per heavy atom. The summed E-state index contributed by atoms with van der Waals surface area (Å²) < 4.78 is 0. The molecule has 0 aliphatic carbocycles. The molecule has 6 unspecified atom stereocenters. The van der Waals surface area contributed by atoms with E-state index in [1.165, 1.54) is 40.6 Å². The van der Waals surface area contributed by atoms with Crippen LogP contribution in [0, 0.1) is 17.8 Å². The first kappa shape index (κ1) is 39.0. The first-order valence-corrected chi connectivity index (χ1v) is 14.9. The summed E-state index contributed by atoms with van der Waals surface area (Å²) in [6.45, 7) is 14.3. The van der Waals surface area contributed by atoms with Crippen molar-refractivity contribution in [1.29, 1.82) is 0 Å². The summed E-state index contributed by atoms with van der Waals surface area (Å²) in [5.41, 5.74) is 0. The van der Waals surface area contributed by atoms with Gasteiger partial charge in [-0.1, -0.05) is 53.7 Å². The molecular weight excluding hydrogens is 538 g/mol. The van der Waals surface area contributed by atoms with Crippen molar-refractivity contribution in [2.75, 3.05) is 35.2 Å². The van der Waals surface area contributed by atoms with Crippen LogP contribution >= 0.6 is 0 Å². The first-order chi connectivity index (χ1) is 19.3. The normalized spacial score (nSPS) is 15.9. The Labute approximate surface area is 253 Å². The first-order valence-electron chi connectivity index (χ1n) is 14.9. The van der Waals surface area contributed by atoms with Gasteiger partial charge in [0.15, 0.2) is 0 Å². The molecule has 0 aliphatic heterocycles. The van der Waals surface area contributed by atoms with Gasteiger partial charge in [-0.05, 0) is 43.9 Å². The fourth-order valence-electron chi connectivity index (χ4n) is 4.98. The summed E-state index contributed by atoms with van der Waals surface area (Å²) in [7, 11) is 7.72. The molecule has 0 spiro atoms. The molecule has 0 saturated heterocycles. The molecule has 0 aliphatic rings. The zero-order valence-corrected chi connectivity index (χ0v) is 28.2. The van der Waals surface area contributed by atoms with Crippen molar-refractivity contribution in [3.05, 3.63) is 12.2 Å². The van der Waals surface area contributed by atoms with Crippen molar-refractivity contribution >= 4 is 29.5 Å². The van der Waals surface area contributed by atoms with Crippen LogP contribution in [-0.2, 0) is 24.0 Å². The van der Waals surface area contributed by atoms with E-state index in [-0.39, 0.29) is 29.6 Å². The Morgan fingerprint density at radius 1 is 0.810 bits per heavy atom. The monoisotopic (exact) mass is 595 g/mol. The highest BCUT2D eigenvalue weighted by molar-refractivity contribution is 5.95. The molecule has 0 saturated carbocycles. The summed E-state index contributed by atoms with van der Waals surface area (Å²) in [5.74, 6) is -2.76. The summed E-state index contributed by atoms with van der Waals surface area (Å²) in [5, 5.41) is 14.1. The second-order valence-electron chi connectivity index (χ2n) is 12.3. The van der Waals surface area contributed by atoms with E-state index in [0.717, 1.165) is 0 Å². The molecule has 0 heterocycles. The van der Waals surface area contributed by atoms with Crippen LogP contribution in [0.1, 0.15) is 74.7 Å². The standard InChI is InChI=1S/C31H57N5O6/c1-14-16-17-21(7)27(38)26(28(39)32-23(15-2)29(40)33(9)10)36(13)31(42)25(20(5)6)35(12)30(41)24(18-19(3)4)34(11)22(8)37/h14,16,19-21,23-27,38H,15,17-18H2,1-13H3,(H,32,39)/b16-14+. The zero-order valence-electron chi connectivity index (χ0n) is 28.2. The molecule has 0 rings (SSSR count). The van der Waals surface area contributed by atoms with Gasteiger partial charge in [0.2, 0.25) is 29.5 Å². The molecule has 11 heteroatoms. The Bertz CT molecular complexity index is 950. The van der Waals surface area contributed by atoms with Gasteiger partial charge in [0.05, 0.1) is 6.10 Å². The van der Waals surface area contributed by atoms with E-state index in [1.807, 2.05) is 32.9 Å². The van der Waals surface area contributed by atoms with Crippen LogP contribution < -0.4 is 5.32 Å². The van der Waals surface area contributed by atoms with E-state index in [1.54, 1.807) is 48.8 Å². The molecule has 242 valence electrons. The Morgan fingerprint density at radius 2 is 1.33 bits per heavy atom. The third kappa shape index (κ3) is 10.7. The molecular formula is C31H57N5O6. The molecule has 0 radical (unpaired) electrons. The minimum absolute atomic E-state index is 0.114. The molecule has 0 bridgehead atoms. The number of rotatable bonds is 16. The number of hydrogen-bond donors (Lipinski definition) is 2. The largest absolute Gasteiger partial charge is 0.390 e.